The number of aromatic nitrogens is 2. The molecule has 0 aliphatic carbocycles. The van der Waals surface area contributed by atoms with Crippen molar-refractivity contribution >= 4 is 40.1 Å². The number of hydrogen-bond donors (Lipinski definition) is 3. The highest BCUT2D eigenvalue weighted by molar-refractivity contribution is 6.35. The van der Waals surface area contributed by atoms with Gasteiger partial charge in [0.2, 0.25) is 5.91 Å². The number of H-pyrrole nitrogens is 1. The molecule has 8 heteroatoms. The summed E-state index contributed by atoms with van der Waals surface area (Å²) >= 11 is 12.2. The Morgan fingerprint density at radius 3 is 2.93 bits per heavy atom. The van der Waals surface area contributed by atoms with Gasteiger partial charge in [0, 0.05) is 23.1 Å². The van der Waals surface area contributed by atoms with E-state index in [9.17, 15) is 9.90 Å². The molecule has 0 unspecified atom stereocenters. The van der Waals surface area contributed by atoms with E-state index in [4.69, 9.17) is 23.2 Å². The number of halogens is 2. The van der Waals surface area contributed by atoms with Crippen molar-refractivity contribution < 1.29 is 9.90 Å². The maximum atomic E-state index is 12.8. The number of aromatic amines is 1. The molecular formula is C21H22Cl2N4O2. The summed E-state index contributed by atoms with van der Waals surface area (Å²) in [4.78, 5) is 22.5. The summed E-state index contributed by atoms with van der Waals surface area (Å²) in [5, 5.41) is 14.2. The molecule has 0 saturated carbocycles. The first-order valence-corrected chi connectivity index (χ1v) is 10.2. The number of imidazole rings is 1. The number of aliphatic hydroxyl groups is 1. The van der Waals surface area contributed by atoms with Crippen LogP contribution in [0.3, 0.4) is 0 Å². The van der Waals surface area contributed by atoms with Gasteiger partial charge >= 0.3 is 0 Å². The molecule has 1 aliphatic rings. The van der Waals surface area contributed by atoms with Crippen molar-refractivity contribution in [3.63, 3.8) is 0 Å². The van der Waals surface area contributed by atoms with Crippen LogP contribution in [0.2, 0.25) is 10.0 Å². The molecule has 1 fully saturated rings. The monoisotopic (exact) mass is 432 g/mol. The topological polar surface area (TPSA) is 81.2 Å². The number of hydrogen-bond acceptors (Lipinski definition) is 4. The van der Waals surface area contributed by atoms with Crippen LogP contribution in [0.1, 0.15) is 23.4 Å². The van der Waals surface area contributed by atoms with E-state index in [1.165, 1.54) is 0 Å². The largest absolute Gasteiger partial charge is 0.392 e. The van der Waals surface area contributed by atoms with Crippen molar-refractivity contribution in [2.75, 3.05) is 6.54 Å². The summed E-state index contributed by atoms with van der Waals surface area (Å²) in [7, 11) is 0. The molecule has 1 aliphatic heterocycles. The van der Waals surface area contributed by atoms with Crippen molar-refractivity contribution in [1.29, 1.82) is 0 Å². The van der Waals surface area contributed by atoms with Gasteiger partial charge in [-0.25, -0.2) is 4.98 Å². The van der Waals surface area contributed by atoms with Gasteiger partial charge in [0.15, 0.2) is 0 Å². The lowest BCUT2D eigenvalue weighted by Gasteiger charge is -2.23. The predicted octanol–water partition coefficient (Wildman–Crippen LogP) is 3.43. The highest BCUT2D eigenvalue weighted by atomic mass is 35.5. The van der Waals surface area contributed by atoms with Crippen LogP contribution in [0, 0.1) is 6.92 Å². The van der Waals surface area contributed by atoms with Gasteiger partial charge in [-0.3, -0.25) is 9.69 Å². The van der Waals surface area contributed by atoms with E-state index >= 15 is 0 Å². The van der Waals surface area contributed by atoms with Crippen molar-refractivity contribution in [2.24, 2.45) is 0 Å². The molecular weight excluding hydrogens is 411 g/mol. The number of likely N-dealkylation sites (tertiary alicyclic amines) is 1. The lowest BCUT2D eigenvalue weighted by Crippen LogP contribution is -2.42. The van der Waals surface area contributed by atoms with Crippen LogP contribution in [0.5, 0.6) is 0 Å². The third-order valence-electron chi connectivity index (χ3n) is 5.19. The zero-order chi connectivity index (χ0) is 20.5. The fourth-order valence-electron chi connectivity index (χ4n) is 3.74. The number of β-amino-alcohol motifs (C(OH)–C–C–N with tert-alkyl or cyclic N) is 1. The molecule has 2 aromatic carbocycles. The number of nitrogens with one attached hydrogen (secondary N) is 2. The Labute approximate surface area is 178 Å². The molecule has 3 aromatic rings. The average molecular weight is 433 g/mol. The summed E-state index contributed by atoms with van der Waals surface area (Å²) in [6.45, 7) is 3.21. The van der Waals surface area contributed by atoms with Crippen molar-refractivity contribution in [2.45, 2.75) is 38.6 Å². The number of amides is 1. The highest BCUT2D eigenvalue weighted by Crippen LogP contribution is 2.26. The molecule has 2 heterocycles. The second kappa shape index (κ2) is 8.32. The smallest absolute Gasteiger partial charge is 0.237 e. The Bertz CT molecular complexity index is 1050. The van der Waals surface area contributed by atoms with Gasteiger partial charge in [0.05, 0.1) is 29.7 Å². The molecule has 0 spiro atoms. The first-order chi connectivity index (χ1) is 13.9. The van der Waals surface area contributed by atoms with Gasteiger partial charge in [0.1, 0.15) is 5.82 Å². The van der Waals surface area contributed by atoms with E-state index in [0.717, 1.165) is 22.2 Å². The van der Waals surface area contributed by atoms with Crippen LogP contribution in [-0.4, -0.2) is 44.6 Å². The third-order valence-corrected chi connectivity index (χ3v) is 5.78. The Morgan fingerprint density at radius 1 is 1.31 bits per heavy atom. The van der Waals surface area contributed by atoms with Crippen LogP contribution >= 0.6 is 23.2 Å². The molecule has 1 saturated heterocycles. The van der Waals surface area contributed by atoms with Gasteiger partial charge in [-0.05, 0) is 48.7 Å². The van der Waals surface area contributed by atoms with Crippen LogP contribution < -0.4 is 5.32 Å². The van der Waals surface area contributed by atoms with Crippen LogP contribution in [0.15, 0.2) is 36.4 Å². The Kier molecular flexibility index (Phi) is 5.79. The number of carbonyl (C=O) groups is 1. The second-order valence-corrected chi connectivity index (χ2v) is 8.34. The SMILES string of the molecule is Cc1ccc2nc(CNC(=O)[C@@H]3C[C@@H](O)CN3Cc3ccc(Cl)cc3Cl)[nH]c2c1. The quantitative estimate of drug-likeness (QED) is 0.576. The third kappa shape index (κ3) is 4.56. The van der Waals surface area contributed by atoms with E-state index in [1.54, 1.807) is 12.1 Å². The minimum Gasteiger partial charge on any atom is -0.392 e. The second-order valence-electron chi connectivity index (χ2n) is 7.49. The summed E-state index contributed by atoms with van der Waals surface area (Å²) in [6, 6.07) is 10.9. The van der Waals surface area contributed by atoms with E-state index < -0.39 is 12.1 Å². The number of carbonyl (C=O) groups excluding carboxylic acids is 1. The van der Waals surface area contributed by atoms with Gasteiger partial charge in [-0.1, -0.05) is 35.3 Å². The van der Waals surface area contributed by atoms with E-state index in [-0.39, 0.29) is 5.91 Å². The number of fused-ring (bicyclic) bond motifs is 1. The molecule has 29 heavy (non-hydrogen) atoms. The van der Waals surface area contributed by atoms with Crippen LogP contribution in [0.25, 0.3) is 11.0 Å². The standard InChI is InChI=1S/C21H22Cl2N4O2/c1-12-2-5-17-18(6-12)26-20(25-17)9-24-21(29)19-8-15(28)11-27(19)10-13-3-4-14(22)7-16(13)23/h2-7,15,19,28H,8-11H2,1H3,(H,24,29)(H,25,26)/t15-,19+/m1/s1. The fourth-order valence-corrected chi connectivity index (χ4v) is 4.21. The molecule has 0 radical (unpaired) electrons. The lowest BCUT2D eigenvalue weighted by atomic mass is 10.1. The Balaban J connectivity index is 1.42. The molecule has 6 nitrogen and oxygen atoms in total. The summed E-state index contributed by atoms with van der Waals surface area (Å²) in [6.07, 6.45) is -0.165. The van der Waals surface area contributed by atoms with Crippen molar-refractivity contribution in [3.05, 3.63) is 63.4 Å². The lowest BCUT2D eigenvalue weighted by molar-refractivity contribution is -0.125. The summed E-state index contributed by atoms with van der Waals surface area (Å²) in [5.41, 5.74) is 3.84. The highest BCUT2D eigenvalue weighted by Gasteiger charge is 2.36. The Hall–Kier alpha value is -2.12. The predicted molar refractivity (Wildman–Crippen MR) is 114 cm³/mol. The molecule has 1 amide bonds. The van der Waals surface area contributed by atoms with Gasteiger partial charge in [-0.2, -0.15) is 0 Å². The number of aryl methyl sites for hydroxylation is 1. The molecule has 1 aromatic heterocycles. The molecule has 4 rings (SSSR count). The fraction of sp³-hybridized carbons (Fsp3) is 0.333. The normalized spacial score (nSPS) is 19.7. The number of nitrogens with zero attached hydrogens (tertiary/aromatic N) is 2. The van der Waals surface area contributed by atoms with E-state index in [2.05, 4.69) is 15.3 Å². The minimum atomic E-state index is -0.550. The van der Waals surface area contributed by atoms with Crippen LogP contribution in [-0.2, 0) is 17.9 Å². The number of benzene rings is 2. The maximum absolute atomic E-state index is 12.8. The maximum Gasteiger partial charge on any atom is 0.237 e. The average Bonchev–Trinajstić information content (AvgIpc) is 3.24. The molecule has 0 bridgehead atoms. The van der Waals surface area contributed by atoms with Crippen molar-refractivity contribution in [1.82, 2.24) is 20.2 Å². The first kappa shape index (κ1) is 20.2. The summed E-state index contributed by atoms with van der Waals surface area (Å²) in [5.74, 6) is 0.563. The summed E-state index contributed by atoms with van der Waals surface area (Å²) < 4.78 is 0. The van der Waals surface area contributed by atoms with Crippen molar-refractivity contribution in [3.8, 4) is 0 Å². The first-order valence-electron chi connectivity index (χ1n) is 9.48. The van der Waals surface area contributed by atoms with E-state index in [0.29, 0.717) is 41.9 Å². The van der Waals surface area contributed by atoms with E-state index in [1.807, 2.05) is 36.1 Å². The van der Waals surface area contributed by atoms with Crippen LogP contribution in [0.4, 0.5) is 0 Å². The van der Waals surface area contributed by atoms with Gasteiger partial charge < -0.3 is 15.4 Å². The molecule has 152 valence electrons. The Morgan fingerprint density at radius 2 is 2.14 bits per heavy atom. The van der Waals surface area contributed by atoms with Gasteiger partial charge in [0.25, 0.3) is 0 Å². The number of rotatable bonds is 5. The zero-order valence-electron chi connectivity index (χ0n) is 16.0. The number of aliphatic hydroxyl groups excluding tert-OH is 1. The molecule has 2 atom stereocenters. The molecule has 3 N–H and O–H groups in total. The minimum absolute atomic E-state index is 0.136. The van der Waals surface area contributed by atoms with Gasteiger partial charge in [-0.15, -0.1) is 0 Å². The zero-order valence-corrected chi connectivity index (χ0v) is 17.5.